The molecule has 0 saturated carbocycles. The molecule has 0 spiro atoms. The second-order valence-electron chi connectivity index (χ2n) is 1.97. The van der Waals surface area contributed by atoms with E-state index in [1.165, 1.54) is 4.88 Å². The van der Waals surface area contributed by atoms with Gasteiger partial charge in [0.15, 0.2) is 0 Å². The molecule has 10 heavy (non-hydrogen) atoms. The minimum atomic E-state index is 0.942. The molecule has 1 aromatic rings. The highest BCUT2D eigenvalue weighted by Gasteiger charge is 1.99. The summed E-state index contributed by atoms with van der Waals surface area (Å²) < 4.78 is 0. The summed E-state index contributed by atoms with van der Waals surface area (Å²) in [5.41, 5.74) is 0.942. The van der Waals surface area contributed by atoms with Gasteiger partial charge in [0.1, 0.15) is 0 Å². The van der Waals surface area contributed by atoms with E-state index in [1.807, 2.05) is 19.1 Å². The highest BCUT2D eigenvalue weighted by molar-refractivity contribution is 7.13. The zero-order chi connectivity index (χ0) is 7.56. The molecule has 0 bridgehead atoms. The lowest BCUT2D eigenvalue weighted by molar-refractivity contribution is 1.56. The average molecular weight is 151 g/mol. The second-order valence-corrected chi connectivity index (χ2v) is 3.26. The van der Waals surface area contributed by atoms with Crippen LogP contribution in [0.1, 0.15) is 9.75 Å². The first-order valence-electron chi connectivity index (χ1n) is 2.97. The van der Waals surface area contributed by atoms with Crippen LogP contribution in [0.5, 0.6) is 0 Å². The number of thiophene rings is 1. The van der Waals surface area contributed by atoms with Crippen LogP contribution in [-0.4, -0.2) is 6.72 Å². The maximum atomic E-state index is 3.85. The molecule has 0 amide bonds. The third-order valence-electron chi connectivity index (χ3n) is 1.22. The van der Waals surface area contributed by atoms with Crippen LogP contribution in [0, 0.1) is 6.92 Å². The van der Waals surface area contributed by atoms with E-state index in [0.29, 0.717) is 0 Å². The van der Waals surface area contributed by atoms with Crippen molar-refractivity contribution in [2.24, 2.45) is 4.99 Å². The van der Waals surface area contributed by atoms with Crippen molar-refractivity contribution >= 4 is 29.8 Å². The summed E-state index contributed by atoms with van der Waals surface area (Å²) in [6.07, 6.45) is 1.81. The molecular weight excluding hydrogens is 142 g/mol. The smallest absolute Gasteiger partial charge is 0.0804 e. The van der Waals surface area contributed by atoms with Crippen molar-refractivity contribution in [1.82, 2.24) is 0 Å². The summed E-state index contributed by atoms with van der Waals surface area (Å²) >= 11 is 1.69. The summed E-state index contributed by atoms with van der Waals surface area (Å²) in [6, 6.07) is 2.01. The quantitative estimate of drug-likeness (QED) is 0.576. The molecule has 1 nitrogen and oxygen atoms in total. The van der Waals surface area contributed by atoms with Crippen molar-refractivity contribution in [2.45, 2.75) is 6.92 Å². The Hall–Kier alpha value is -0.890. The fourth-order valence-corrected chi connectivity index (χ4v) is 1.62. The molecule has 0 saturated heterocycles. The van der Waals surface area contributed by atoms with Gasteiger partial charge >= 0.3 is 0 Å². The molecule has 52 valence electrons. The summed E-state index contributed by atoms with van der Waals surface area (Å²) in [4.78, 5) is 6.20. The van der Waals surface area contributed by atoms with Gasteiger partial charge in [0.05, 0.1) is 10.6 Å². The molecule has 0 fully saturated rings. The van der Waals surface area contributed by atoms with E-state index in [0.717, 1.165) is 10.6 Å². The third-order valence-corrected chi connectivity index (χ3v) is 2.25. The second kappa shape index (κ2) is 2.80. The van der Waals surface area contributed by atoms with Crippen LogP contribution >= 0.6 is 11.3 Å². The fraction of sp³-hybridized carbons (Fsp3) is 0.125. The van der Waals surface area contributed by atoms with Crippen LogP contribution in [0.3, 0.4) is 0 Å². The molecule has 0 atom stereocenters. The maximum absolute atomic E-state index is 3.85. The molecule has 0 radical (unpaired) electrons. The highest BCUT2D eigenvalue weighted by Crippen LogP contribution is 2.29. The highest BCUT2D eigenvalue weighted by atomic mass is 32.1. The zero-order valence-electron chi connectivity index (χ0n) is 5.92. The minimum Gasteiger partial charge on any atom is -0.263 e. The van der Waals surface area contributed by atoms with Crippen LogP contribution < -0.4 is 0 Å². The molecule has 0 N–H and O–H groups in total. The van der Waals surface area contributed by atoms with Gasteiger partial charge in [-0.05, 0) is 25.8 Å². The van der Waals surface area contributed by atoms with Crippen molar-refractivity contribution in [1.29, 1.82) is 0 Å². The van der Waals surface area contributed by atoms with Gasteiger partial charge in [0.25, 0.3) is 0 Å². The molecule has 1 rings (SSSR count). The Morgan fingerprint density at radius 3 is 2.80 bits per heavy atom. The number of hydrogen-bond donors (Lipinski definition) is 0. The van der Waals surface area contributed by atoms with Gasteiger partial charge in [-0.15, -0.1) is 11.3 Å². The van der Waals surface area contributed by atoms with Crippen molar-refractivity contribution in [2.75, 3.05) is 0 Å². The standard InChI is InChI=1S/C8H9NS/c1-4-8-7(9-3)5-6(2)10-8/h4-5H,1,3H2,2H3. The van der Waals surface area contributed by atoms with Gasteiger partial charge in [0.2, 0.25) is 0 Å². The number of rotatable bonds is 2. The SMILES string of the molecule is C=Cc1sc(C)cc1N=C. The fourth-order valence-electron chi connectivity index (χ4n) is 0.789. The van der Waals surface area contributed by atoms with E-state index in [1.54, 1.807) is 11.3 Å². The Labute approximate surface area is 64.7 Å². The molecule has 1 heterocycles. The molecule has 0 aliphatic carbocycles. The minimum absolute atomic E-state index is 0.942. The molecule has 2 heteroatoms. The van der Waals surface area contributed by atoms with Crippen LogP contribution in [0.4, 0.5) is 5.69 Å². The summed E-state index contributed by atoms with van der Waals surface area (Å²) in [5, 5.41) is 0. The number of nitrogens with zero attached hydrogens (tertiary/aromatic N) is 1. The summed E-state index contributed by atoms with van der Waals surface area (Å²) in [6.45, 7) is 9.19. The number of aryl methyl sites for hydroxylation is 1. The lowest BCUT2D eigenvalue weighted by Crippen LogP contribution is -1.56. The first-order chi connectivity index (χ1) is 4.77. The number of aliphatic imine (C=N–C) groups is 1. The van der Waals surface area contributed by atoms with E-state index >= 15 is 0 Å². The van der Waals surface area contributed by atoms with Gasteiger partial charge in [-0.1, -0.05) is 6.58 Å². The Morgan fingerprint density at radius 1 is 1.70 bits per heavy atom. The van der Waals surface area contributed by atoms with Gasteiger partial charge in [-0.3, -0.25) is 4.99 Å². The molecule has 0 aliphatic rings. The van der Waals surface area contributed by atoms with Crippen molar-refractivity contribution in [3.63, 3.8) is 0 Å². The van der Waals surface area contributed by atoms with Crippen LogP contribution in [-0.2, 0) is 0 Å². The molecule has 0 aromatic carbocycles. The lowest BCUT2D eigenvalue weighted by atomic mass is 10.3. The predicted octanol–water partition coefficient (Wildman–Crippen LogP) is 3.03. The maximum Gasteiger partial charge on any atom is 0.0804 e. The van der Waals surface area contributed by atoms with Gasteiger partial charge in [-0.25, -0.2) is 0 Å². The Morgan fingerprint density at radius 2 is 2.40 bits per heavy atom. The largest absolute Gasteiger partial charge is 0.263 e. The molecular formula is C8H9NS. The summed E-state index contributed by atoms with van der Waals surface area (Å²) in [5.74, 6) is 0. The van der Waals surface area contributed by atoms with Crippen molar-refractivity contribution in [3.05, 3.63) is 22.4 Å². The van der Waals surface area contributed by atoms with Crippen LogP contribution in [0.2, 0.25) is 0 Å². The van der Waals surface area contributed by atoms with Gasteiger partial charge in [0, 0.05) is 4.88 Å². The first-order valence-corrected chi connectivity index (χ1v) is 3.79. The van der Waals surface area contributed by atoms with Gasteiger partial charge < -0.3 is 0 Å². The Kier molecular flexibility index (Phi) is 2.02. The lowest BCUT2D eigenvalue weighted by Gasteiger charge is -1.84. The average Bonchev–Trinajstić information content (AvgIpc) is 2.30. The Bertz CT molecular complexity index is 235. The van der Waals surface area contributed by atoms with Crippen LogP contribution in [0.25, 0.3) is 6.08 Å². The molecule has 0 aliphatic heterocycles. The Balaban J connectivity index is 3.20. The van der Waals surface area contributed by atoms with E-state index < -0.39 is 0 Å². The normalized spacial score (nSPS) is 9.30. The van der Waals surface area contributed by atoms with Crippen LogP contribution in [0.15, 0.2) is 17.6 Å². The van der Waals surface area contributed by atoms with E-state index in [-0.39, 0.29) is 0 Å². The van der Waals surface area contributed by atoms with Gasteiger partial charge in [-0.2, -0.15) is 0 Å². The van der Waals surface area contributed by atoms with Crippen molar-refractivity contribution < 1.29 is 0 Å². The van der Waals surface area contributed by atoms with E-state index in [9.17, 15) is 0 Å². The number of hydrogen-bond acceptors (Lipinski definition) is 2. The van der Waals surface area contributed by atoms with Crippen molar-refractivity contribution in [3.8, 4) is 0 Å². The van der Waals surface area contributed by atoms with E-state index in [4.69, 9.17) is 0 Å². The predicted molar refractivity (Wildman–Crippen MR) is 48.4 cm³/mol. The third kappa shape index (κ3) is 1.16. The first kappa shape index (κ1) is 7.22. The zero-order valence-corrected chi connectivity index (χ0v) is 6.74. The topological polar surface area (TPSA) is 12.4 Å². The molecule has 1 aromatic heterocycles. The monoisotopic (exact) mass is 151 g/mol. The summed E-state index contributed by atoms with van der Waals surface area (Å²) in [7, 11) is 0. The van der Waals surface area contributed by atoms with E-state index in [2.05, 4.69) is 18.3 Å². The molecule has 0 unspecified atom stereocenters.